The molecule has 0 aromatic carbocycles. The predicted molar refractivity (Wildman–Crippen MR) is 69.8 cm³/mol. The predicted octanol–water partition coefficient (Wildman–Crippen LogP) is 0.284. The van der Waals surface area contributed by atoms with Crippen molar-refractivity contribution in [3.05, 3.63) is 0 Å². The van der Waals surface area contributed by atoms with E-state index in [9.17, 15) is 15.3 Å². The van der Waals surface area contributed by atoms with E-state index in [-0.39, 0.29) is 4.58 Å². The molecule has 0 amide bonds. The molecule has 0 spiro atoms. The second kappa shape index (κ2) is 5.46. The first-order valence-electron chi connectivity index (χ1n) is 4.92. The van der Waals surface area contributed by atoms with Crippen molar-refractivity contribution < 1.29 is 20.4 Å². The SMILES string of the molecule is CSC(SC)C(C)(O)C(C)(O)C(C)(O)CO. The second-order valence-electron chi connectivity index (χ2n) is 4.46. The summed E-state index contributed by atoms with van der Waals surface area (Å²) in [5.74, 6) is 0. The quantitative estimate of drug-likeness (QED) is 0.519. The molecule has 6 heteroatoms. The molecule has 0 radical (unpaired) electrons. The van der Waals surface area contributed by atoms with Crippen LogP contribution in [-0.4, -0.2) is 60.9 Å². The van der Waals surface area contributed by atoms with Crippen LogP contribution in [0.2, 0.25) is 0 Å². The Labute approximate surface area is 105 Å². The van der Waals surface area contributed by atoms with Crippen LogP contribution in [0.3, 0.4) is 0 Å². The summed E-state index contributed by atoms with van der Waals surface area (Å²) < 4.78 is -0.305. The lowest BCUT2D eigenvalue weighted by molar-refractivity contribution is -0.230. The van der Waals surface area contributed by atoms with Gasteiger partial charge in [-0.3, -0.25) is 0 Å². The molecule has 0 aromatic rings. The fraction of sp³-hybridized carbons (Fsp3) is 1.00. The Balaban J connectivity index is 5.26. The molecule has 0 aromatic heterocycles. The Morgan fingerprint density at radius 1 is 1.00 bits per heavy atom. The maximum atomic E-state index is 10.4. The van der Waals surface area contributed by atoms with Crippen LogP contribution in [0.4, 0.5) is 0 Å². The topological polar surface area (TPSA) is 80.9 Å². The number of aliphatic hydroxyl groups excluding tert-OH is 1. The molecule has 0 rings (SSSR count). The van der Waals surface area contributed by atoms with Crippen LogP contribution in [0.5, 0.6) is 0 Å². The van der Waals surface area contributed by atoms with Crippen molar-refractivity contribution in [2.75, 3.05) is 19.1 Å². The van der Waals surface area contributed by atoms with E-state index >= 15 is 0 Å². The van der Waals surface area contributed by atoms with Gasteiger partial charge in [0.1, 0.15) is 16.8 Å². The first-order chi connectivity index (χ1) is 7.08. The molecule has 3 unspecified atom stereocenters. The van der Waals surface area contributed by atoms with Gasteiger partial charge in [0.25, 0.3) is 0 Å². The van der Waals surface area contributed by atoms with Gasteiger partial charge in [-0.1, -0.05) is 0 Å². The summed E-state index contributed by atoms with van der Waals surface area (Å²) in [6.45, 7) is 3.49. The lowest BCUT2D eigenvalue weighted by Crippen LogP contribution is -2.68. The van der Waals surface area contributed by atoms with E-state index in [1.54, 1.807) is 0 Å². The summed E-state index contributed by atoms with van der Waals surface area (Å²) in [4.78, 5) is 0. The first-order valence-corrected chi connectivity index (χ1v) is 7.49. The van der Waals surface area contributed by atoms with Crippen LogP contribution in [0.1, 0.15) is 20.8 Å². The van der Waals surface area contributed by atoms with Crippen molar-refractivity contribution in [2.45, 2.75) is 42.2 Å². The smallest absolute Gasteiger partial charge is 0.123 e. The molecule has 0 saturated heterocycles. The Bertz CT molecular complexity index is 225. The summed E-state index contributed by atoms with van der Waals surface area (Å²) in [6.07, 6.45) is 3.64. The fourth-order valence-electron chi connectivity index (χ4n) is 1.48. The highest BCUT2D eigenvalue weighted by atomic mass is 32.2. The first kappa shape index (κ1) is 16.5. The van der Waals surface area contributed by atoms with Crippen LogP contribution in [0.25, 0.3) is 0 Å². The molecule has 0 fully saturated rings. The Morgan fingerprint density at radius 2 is 1.38 bits per heavy atom. The Kier molecular flexibility index (Phi) is 5.64. The highest BCUT2D eigenvalue weighted by Gasteiger charge is 2.57. The third-order valence-corrected chi connectivity index (χ3v) is 6.16. The molecule has 0 aliphatic rings. The van der Waals surface area contributed by atoms with Crippen molar-refractivity contribution in [1.29, 1.82) is 0 Å². The van der Waals surface area contributed by atoms with Gasteiger partial charge < -0.3 is 20.4 Å². The normalized spacial score (nSPS) is 23.6. The third-order valence-electron chi connectivity index (χ3n) is 3.23. The minimum absolute atomic E-state index is 0.305. The molecule has 0 heterocycles. The average Bonchev–Trinajstić information content (AvgIpc) is 2.18. The molecule has 0 aliphatic heterocycles. The number of hydrogen-bond acceptors (Lipinski definition) is 6. The maximum Gasteiger partial charge on any atom is 0.123 e. The summed E-state index contributed by atoms with van der Waals surface area (Å²) in [7, 11) is 0. The molecule has 4 N–H and O–H groups in total. The summed E-state index contributed by atoms with van der Waals surface area (Å²) in [5.41, 5.74) is -5.11. The molecule has 0 saturated carbocycles. The zero-order chi connectivity index (χ0) is 13.2. The maximum absolute atomic E-state index is 10.4. The van der Waals surface area contributed by atoms with Crippen molar-refractivity contribution in [1.82, 2.24) is 0 Å². The average molecular weight is 270 g/mol. The van der Waals surface area contributed by atoms with Crippen LogP contribution in [-0.2, 0) is 0 Å². The molecule has 16 heavy (non-hydrogen) atoms. The van der Waals surface area contributed by atoms with E-state index < -0.39 is 23.4 Å². The van der Waals surface area contributed by atoms with Crippen LogP contribution >= 0.6 is 23.5 Å². The number of thioether (sulfide) groups is 2. The second-order valence-corrected chi connectivity index (χ2v) is 6.64. The summed E-state index contributed by atoms with van der Waals surface area (Å²) in [6, 6.07) is 0. The van der Waals surface area contributed by atoms with Crippen molar-refractivity contribution in [3.63, 3.8) is 0 Å². The molecular weight excluding hydrogens is 248 g/mol. The van der Waals surface area contributed by atoms with Gasteiger partial charge in [0, 0.05) is 0 Å². The van der Waals surface area contributed by atoms with Gasteiger partial charge in [0.2, 0.25) is 0 Å². The monoisotopic (exact) mass is 270 g/mol. The highest BCUT2D eigenvalue weighted by molar-refractivity contribution is 8.16. The molecule has 98 valence electrons. The lowest BCUT2D eigenvalue weighted by Gasteiger charge is -2.49. The van der Waals surface area contributed by atoms with Gasteiger partial charge in [-0.2, -0.15) is 0 Å². The fourth-order valence-corrected chi connectivity index (χ4v) is 3.63. The van der Waals surface area contributed by atoms with Gasteiger partial charge >= 0.3 is 0 Å². The molecule has 3 atom stereocenters. The van der Waals surface area contributed by atoms with Crippen LogP contribution < -0.4 is 0 Å². The zero-order valence-electron chi connectivity index (χ0n) is 10.4. The van der Waals surface area contributed by atoms with E-state index in [1.165, 1.54) is 44.3 Å². The Hall–Kier alpha value is 0.540. The molecule has 0 bridgehead atoms. The molecular formula is C10H22O4S2. The van der Waals surface area contributed by atoms with E-state index in [0.717, 1.165) is 0 Å². The zero-order valence-corrected chi connectivity index (χ0v) is 12.0. The minimum Gasteiger partial charge on any atom is -0.393 e. The summed E-state index contributed by atoms with van der Waals surface area (Å²) in [5, 5.41) is 39.8. The standard InChI is InChI=1S/C10H22O4S2/c1-8(12,6-11)10(3,14)9(2,13)7(15-4)16-5/h7,11-14H,6H2,1-5H3. The van der Waals surface area contributed by atoms with E-state index in [0.29, 0.717) is 0 Å². The minimum atomic E-state index is -1.81. The Morgan fingerprint density at radius 3 is 1.62 bits per heavy atom. The van der Waals surface area contributed by atoms with Crippen LogP contribution in [0.15, 0.2) is 0 Å². The summed E-state index contributed by atoms with van der Waals surface area (Å²) >= 11 is 2.78. The highest BCUT2D eigenvalue weighted by Crippen LogP contribution is 2.42. The molecule has 0 aliphatic carbocycles. The third kappa shape index (κ3) is 2.68. The van der Waals surface area contributed by atoms with Gasteiger partial charge in [-0.05, 0) is 33.3 Å². The lowest BCUT2D eigenvalue weighted by atomic mass is 9.74. The van der Waals surface area contributed by atoms with Crippen molar-refractivity contribution in [2.24, 2.45) is 0 Å². The van der Waals surface area contributed by atoms with E-state index in [1.807, 2.05) is 12.5 Å². The van der Waals surface area contributed by atoms with E-state index in [4.69, 9.17) is 5.11 Å². The number of aliphatic hydroxyl groups is 4. The van der Waals surface area contributed by atoms with Gasteiger partial charge in [-0.25, -0.2) is 0 Å². The number of hydrogen-bond donors (Lipinski definition) is 4. The van der Waals surface area contributed by atoms with E-state index in [2.05, 4.69) is 0 Å². The van der Waals surface area contributed by atoms with Gasteiger partial charge in [0.15, 0.2) is 0 Å². The van der Waals surface area contributed by atoms with Gasteiger partial charge in [0.05, 0.1) is 11.2 Å². The van der Waals surface area contributed by atoms with Crippen molar-refractivity contribution >= 4 is 23.5 Å². The van der Waals surface area contributed by atoms with Crippen LogP contribution in [0, 0.1) is 0 Å². The number of rotatable bonds is 6. The largest absolute Gasteiger partial charge is 0.393 e. The van der Waals surface area contributed by atoms with Gasteiger partial charge in [-0.15, -0.1) is 23.5 Å². The van der Waals surface area contributed by atoms with Crippen molar-refractivity contribution in [3.8, 4) is 0 Å². The molecule has 4 nitrogen and oxygen atoms in total.